The highest BCUT2D eigenvalue weighted by atomic mass is 15.0. The van der Waals surface area contributed by atoms with E-state index in [4.69, 9.17) is 0 Å². The number of hydrogen-bond acceptors (Lipinski definition) is 3. The van der Waals surface area contributed by atoms with Gasteiger partial charge in [0.1, 0.15) is 0 Å². The number of aryl methyl sites for hydroxylation is 2. The first-order valence-corrected chi connectivity index (χ1v) is 7.20. The van der Waals surface area contributed by atoms with Gasteiger partial charge in [0, 0.05) is 23.5 Å². The van der Waals surface area contributed by atoms with Gasteiger partial charge in [0.25, 0.3) is 0 Å². The van der Waals surface area contributed by atoms with Crippen molar-refractivity contribution in [1.82, 2.24) is 9.88 Å². The molecule has 1 aromatic carbocycles. The third kappa shape index (κ3) is 4.14. The van der Waals surface area contributed by atoms with Crippen LogP contribution >= 0.6 is 0 Å². The number of benzene rings is 1. The Morgan fingerprint density at radius 3 is 2.67 bits per heavy atom. The molecular weight excluding hydrogens is 258 g/mol. The van der Waals surface area contributed by atoms with Crippen LogP contribution in [-0.4, -0.2) is 30.5 Å². The number of hydrogen-bond donors (Lipinski definition) is 0. The largest absolute Gasteiger partial charge is 0.309 e. The zero-order valence-corrected chi connectivity index (χ0v) is 12.9. The van der Waals surface area contributed by atoms with Crippen LogP contribution in [0.1, 0.15) is 23.1 Å². The molecule has 0 bridgehead atoms. The maximum atomic E-state index is 9.31. The van der Waals surface area contributed by atoms with Gasteiger partial charge in [-0.25, -0.2) is 0 Å². The lowest BCUT2D eigenvalue weighted by molar-refractivity contribution is 0.400. The summed E-state index contributed by atoms with van der Waals surface area (Å²) in [5.74, 6) is 0. The molecule has 2 aromatic rings. The SMILES string of the molecule is Cc1cncc(-c2cc(CCCN(C)C)ccc2C#N)c1. The summed E-state index contributed by atoms with van der Waals surface area (Å²) < 4.78 is 0. The van der Waals surface area contributed by atoms with Crippen LogP contribution in [-0.2, 0) is 6.42 Å². The molecule has 0 amide bonds. The second-order valence-electron chi connectivity index (χ2n) is 5.65. The predicted molar refractivity (Wildman–Crippen MR) is 86.0 cm³/mol. The Morgan fingerprint density at radius 1 is 1.19 bits per heavy atom. The van der Waals surface area contributed by atoms with E-state index in [2.05, 4.69) is 48.2 Å². The van der Waals surface area contributed by atoms with Gasteiger partial charge in [-0.05, 0) is 69.7 Å². The first-order valence-electron chi connectivity index (χ1n) is 7.20. The monoisotopic (exact) mass is 279 g/mol. The Morgan fingerprint density at radius 2 is 2.00 bits per heavy atom. The summed E-state index contributed by atoms with van der Waals surface area (Å²) in [4.78, 5) is 6.42. The Hall–Kier alpha value is -2.18. The minimum atomic E-state index is 0.707. The number of nitriles is 1. The fraction of sp³-hybridized carbons (Fsp3) is 0.333. The van der Waals surface area contributed by atoms with Gasteiger partial charge in [0.2, 0.25) is 0 Å². The molecule has 0 saturated heterocycles. The fourth-order valence-corrected chi connectivity index (χ4v) is 2.38. The third-order valence-corrected chi connectivity index (χ3v) is 3.46. The number of nitrogens with zero attached hydrogens (tertiary/aromatic N) is 3. The van der Waals surface area contributed by atoms with E-state index in [0.717, 1.165) is 36.1 Å². The lowest BCUT2D eigenvalue weighted by Crippen LogP contribution is -2.13. The normalized spacial score (nSPS) is 10.6. The van der Waals surface area contributed by atoms with Gasteiger partial charge in [0.15, 0.2) is 0 Å². The molecular formula is C18H21N3. The van der Waals surface area contributed by atoms with Crippen molar-refractivity contribution < 1.29 is 0 Å². The maximum absolute atomic E-state index is 9.31. The van der Waals surface area contributed by atoms with Crippen LogP contribution in [0.5, 0.6) is 0 Å². The standard InChI is InChI=1S/C18H21N3/c1-14-9-17(13-20-12-14)18-10-15(5-4-8-21(2)3)6-7-16(18)11-19/h6-7,9-10,12-13H,4-5,8H2,1-3H3. The molecule has 1 heterocycles. The van der Waals surface area contributed by atoms with Crippen LogP contribution in [0.2, 0.25) is 0 Å². The van der Waals surface area contributed by atoms with Crippen molar-refractivity contribution >= 4 is 0 Å². The molecule has 0 spiro atoms. The van der Waals surface area contributed by atoms with Gasteiger partial charge in [-0.15, -0.1) is 0 Å². The summed E-state index contributed by atoms with van der Waals surface area (Å²) in [6, 6.07) is 10.5. The van der Waals surface area contributed by atoms with Crippen molar-refractivity contribution in [3.63, 3.8) is 0 Å². The summed E-state index contributed by atoms with van der Waals surface area (Å²) in [7, 11) is 4.17. The molecule has 0 unspecified atom stereocenters. The molecule has 0 aliphatic carbocycles. The van der Waals surface area contributed by atoms with Crippen LogP contribution in [0, 0.1) is 18.3 Å². The smallest absolute Gasteiger partial charge is 0.0998 e. The Labute approximate surface area is 126 Å². The van der Waals surface area contributed by atoms with Crippen LogP contribution in [0.3, 0.4) is 0 Å². The van der Waals surface area contributed by atoms with E-state index in [1.54, 1.807) is 0 Å². The molecule has 0 saturated carbocycles. The van der Waals surface area contributed by atoms with Crippen molar-refractivity contribution in [2.24, 2.45) is 0 Å². The molecule has 0 atom stereocenters. The van der Waals surface area contributed by atoms with Crippen molar-refractivity contribution in [2.45, 2.75) is 19.8 Å². The molecule has 3 nitrogen and oxygen atoms in total. The molecule has 0 aliphatic rings. The summed E-state index contributed by atoms with van der Waals surface area (Å²) in [6.45, 7) is 3.09. The summed E-state index contributed by atoms with van der Waals surface area (Å²) in [5.41, 5.74) is 5.08. The average Bonchev–Trinajstić information content (AvgIpc) is 2.47. The molecule has 0 N–H and O–H groups in total. The van der Waals surface area contributed by atoms with Crippen LogP contribution in [0.4, 0.5) is 0 Å². The zero-order chi connectivity index (χ0) is 15.2. The minimum absolute atomic E-state index is 0.707. The van der Waals surface area contributed by atoms with E-state index < -0.39 is 0 Å². The van der Waals surface area contributed by atoms with Crippen molar-refractivity contribution in [3.8, 4) is 17.2 Å². The average molecular weight is 279 g/mol. The van der Waals surface area contributed by atoms with E-state index in [-0.39, 0.29) is 0 Å². The van der Waals surface area contributed by atoms with Gasteiger partial charge in [-0.2, -0.15) is 5.26 Å². The van der Waals surface area contributed by atoms with Crippen LogP contribution in [0.25, 0.3) is 11.1 Å². The maximum Gasteiger partial charge on any atom is 0.0998 e. The predicted octanol–water partition coefficient (Wildman–Crippen LogP) is 3.42. The highest BCUT2D eigenvalue weighted by Gasteiger charge is 2.07. The van der Waals surface area contributed by atoms with Crippen molar-refractivity contribution in [2.75, 3.05) is 20.6 Å². The van der Waals surface area contributed by atoms with E-state index in [1.807, 2.05) is 25.4 Å². The molecule has 3 heteroatoms. The highest BCUT2D eigenvalue weighted by molar-refractivity contribution is 5.71. The Bertz CT molecular complexity index is 654. The molecule has 0 aliphatic heterocycles. The molecule has 108 valence electrons. The number of rotatable bonds is 5. The lowest BCUT2D eigenvalue weighted by atomic mass is 9.96. The molecule has 2 rings (SSSR count). The summed E-state index contributed by atoms with van der Waals surface area (Å²) >= 11 is 0. The minimum Gasteiger partial charge on any atom is -0.309 e. The zero-order valence-electron chi connectivity index (χ0n) is 12.9. The van der Waals surface area contributed by atoms with Gasteiger partial charge in [0.05, 0.1) is 11.6 Å². The summed E-state index contributed by atoms with van der Waals surface area (Å²) in [5, 5.41) is 9.31. The Kier molecular flexibility index (Phi) is 5.08. The topological polar surface area (TPSA) is 39.9 Å². The van der Waals surface area contributed by atoms with Gasteiger partial charge < -0.3 is 4.90 Å². The van der Waals surface area contributed by atoms with Crippen LogP contribution < -0.4 is 0 Å². The Balaban J connectivity index is 2.29. The van der Waals surface area contributed by atoms with Gasteiger partial charge in [-0.1, -0.05) is 6.07 Å². The number of aromatic nitrogens is 1. The highest BCUT2D eigenvalue weighted by Crippen LogP contribution is 2.25. The van der Waals surface area contributed by atoms with Crippen molar-refractivity contribution in [3.05, 3.63) is 53.3 Å². The number of pyridine rings is 1. The van der Waals surface area contributed by atoms with E-state index >= 15 is 0 Å². The molecule has 0 fully saturated rings. The van der Waals surface area contributed by atoms with E-state index in [1.165, 1.54) is 5.56 Å². The molecule has 1 aromatic heterocycles. The van der Waals surface area contributed by atoms with Crippen LogP contribution in [0.15, 0.2) is 36.7 Å². The fourth-order valence-electron chi connectivity index (χ4n) is 2.38. The molecule has 21 heavy (non-hydrogen) atoms. The first-order chi connectivity index (χ1) is 10.1. The summed E-state index contributed by atoms with van der Waals surface area (Å²) in [6.07, 6.45) is 5.80. The quantitative estimate of drug-likeness (QED) is 0.842. The third-order valence-electron chi connectivity index (χ3n) is 3.46. The van der Waals surface area contributed by atoms with E-state index in [9.17, 15) is 5.26 Å². The molecule has 0 radical (unpaired) electrons. The van der Waals surface area contributed by atoms with Gasteiger partial charge in [-0.3, -0.25) is 4.98 Å². The second-order valence-corrected chi connectivity index (χ2v) is 5.65. The second kappa shape index (κ2) is 7.01. The lowest BCUT2D eigenvalue weighted by Gasteiger charge is -2.11. The first kappa shape index (κ1) is 15.2. The van der Waals surface area contributed by atoms with Crippen molar-refractivity contribution in [1.29, 1.82) is 5.26 Å². The van der Waals surface area contributed by atoms with Gasteiger partial charge >= 0.3 is 0 Å². The van der Waals surface area contributed by atoms with E-state index in [0.29, 0.717) is 5.56 Å².